The molecule has 0 saturated heterocycles. The van der Waals surface area contributed by atoms with Crippen molar-refractivity contribution in [3.63, 3.8) is 0 Å². The summed E-state index contributed by atoms with van der Waals surface area (Å²) in [6.45, 7) is 3.18. The highest BCUT2D eigenvalue weighted by atomic mass is 35.5. The van der Waals surface area contributed by atoms with E-state index in [-0.39, 0.29) is 5.56 Å². The smallest absolute Gasteiger partial charge is 0.291 e. The van der Waals surface area contributed by atoms with Crippen LogP contribution in [0.4, 0.5) is 0 Å². The third kappa shape index (κ3) is 7.48. The number of benzene rings is 4. The van der Waals surface area contributed by atoms with E-state index in [0.29, 0.717) is 45.0 Å². The molecular formula is C39H32ClN5O3S. The van der Waals surface area contributed by atoms with Crippen LogP contribution in [-0.4, -0.2) is 31.0 Å². The van der Waals surface area contributed by atoms with Crippen LogP contribution in [0.5, 0.6) is 11.5 Å². The average molecular weight is 686 g/mol. The van der Waals surface area contributed by atoms with Crippen LogP contribution < -0.4 is 19.6 Å². The third-order valence-electron chi connectivity index (χ3n) is 7.78. The molecule has 0 atom stereocenters. The van der Waals surface area contributed by atoms with E-state index in [9.17, 15) is 4.79 Å². The van der Waals surface area contributed by atoms with Gasteiger partial charge in [0.1, 0.15) is 23.8 Å². The molecule has 3 heterocycles. The van der Waals surface area contributed by atoms with Gasteiger partial charge in [-0.1, -0.05) is 103 Å². The van der Waals surface area contributed by atoms with Gasteiger partial charge in [-0.2, -0.15) is 14.6 Å². The first kappa shape index (κ1) is 32.1. The van der Waals surface area contributed by atoms with Crippen LogP contribution in [0, 0.1) is 0 Å². The highest BCUT2D eigenvalue weighted by Crippen LogP contribution is 2.28. The molecule has 8 nitrogen and oxygen atoms in total. The number of halogens is 1. The standard InChI is InChI=1S/C39H32ClN5O3S/c1-2-3-22-47-32-19-16-27(17-20-32)18-21-36-41-39-45(42-36)38(46)35(49-39)24-30-25-44(31-12-5-4-6-13-31)43-37(30)28-11-9-14-33(23-28)48-26-29-10-7-8-15-34(29)40/h4-21,23-25H,2-3,22,26H2,1H3/b21-18+,35-24-. The van der Waals surface area contributed by atoms with Gasteiger partial charge in [-0.15, -0.1) is 5.10 Å². The number of para-hydroxylation sites is 1. The van der Waals surface area contributed by atoms with E-state index in [0.717, 1.165) is 46.5 Å². The summed E-state index contributed by atoms with van der Waals surface area (Å²) in [5.74, 6) is 1.99. The van der Waals surface area contributed by atoms with Crippen LogP contribution in [0.15, 0.2) is 114 Å². The molecule has 4 aromatic carbocycles. The maximum absolute atomic E-state index is 13.5. The SMILES string of the molecule is CCCCOc1ccc(/C=C/c2nc3s/c(=C\c4cn(-c5ccccc5)nc4-c4cccc(OCc5ccccc5Cl)c4)c(=O)n3n2)cc1. The maximum Gasteiger partial charge on any atom is 0.291 e. The Morgan fingerprint density at radius 3 is 2.47 bits per heavy atom. The van der Waals surface area contributed by atoms with Gasteiger partial charge in [-0.25, -0.2) is 4.68 Å². The monoisotopic (exact) mass is 685 g/mol. The number of thiazole rings is 1. The fourth-order valence-electron chi connectivity index (χ4n) is 5.18. The van der Waals surface area contributed by atoms with Gasteiger partial charge in [0.05, 0.1) is 16.8 Å². The number of hydrogen-bond acceptors (Lipinski definition) is 7. The summed E-state index contributed by atoms with van der Waals surface area (Å²) in [6, 6.07) is 33.1. The van der Waals surface area contributed by atoms with E-state index in [2.05, 4.69) is 17.0 Å². The molecule has 0 unspecified atom stereocenters. The molecule has 244 valence electrons. The van der Waals surface area contributed by atoms with Gasteiger partial charge in [0, 0.05) is 27.9 Å². The molecule has 0 amide bonds. The molecule has 0 N–H and O–H groups in total. The lowest BCUT2D eigenvalue weighted by molar-refractivity contribution is 0.306. The van der Waals surface area contributed by atoms with Gasteiger partial charge < -0.3 is 9.47 Å². The number of nitrogens with zero attached hydrogens (tertiary/aromatic N) is 5. The Labute approximate surface area is 292 Å². The number of fused-ring (bicyclic) bond motifs is 1. The molecule has 7 rings (SSSR count). The van der Waals surface area contributed by atoms with Gasteiger partial charge in [-0.05, 0) is 66.6 Å². The van der Waals surface area contributed by atoms with Crippen molar-refractivity contribution < 1.29 is 9.47 Å². The second-order valence-electron chi connectivity index (χ2n) is 11.3. The fourth-order valence-corrected chi connectivity index (χ4v) is 6.28. The van der Waals surface area contributed by atoms with Crippen molar-refractivity contribution in [2.75, 3.05) is 6.61 Å². The van der Waals surface area contributed by atoms with Crippen molar-refractivity contribution >= 4 is 46.1 Å². The van der Waals surface area contributed by atoms with Crippen molar-refractivity contribution in [3.05, 3.63) is 152 Å². The number of hydrogen-bond donors (Lipinski definition) is 0. The summed E-state index contributed by atoms with van der Waals surface area (Å²) >= 11 is 7.63. The second kappa shape index (κ2) is 14.7. The molecule has 49 heavy (non-hydrogen) atoms. The van der Waals surface area contributed by atoms with Gasteiger partial charge in [0.15, 0.2) is 5.82 Å². The Bertz CT molecular complexity index is 2350. The normalized spacial score (nSPS) is 11.9. The maximum atomic E-state index is 13.5. The van der Waals surface area contributed by atoms with Crippen LogP contribution in [0.3, 0.4) is 0 Å². The van der Waals surface area contributed by atoms with Gasteiger partial charge >= 0.3 is 0 Å². The zero-order valence-electron chi connectivity index (χ0n) is 26.7. The van der Waals surface area contributed by atoms with Crippen LogP contribution in [0.2, 0.25) is 5.02 Å². The molecule has 10 heteroatoms. The lowest BCUT2D eigenvalue weighted by Gasteiger charge is -2.09. The van der Waals surface area contributed by atoms with Crippen LogP contribution >= 0.6 is 22.9 Å². The zero-order chi connectivity index (χ0) is 33.6. The van der Waals surface area contributed by atoms with Crippen molar-refractivity contribution in [2.45, 2.75) is 26.4 Å². The summed E-state index contributed by atoms with van der Waals surface area (Å²) in [5, 5.41) is 10.1. The molecule has 0 bridgehead atoms. The van der Waals surface area contributed by atoms with Gasteiger partial charge in [-0.3, -0.25) is 4.79 Å². The average Bonchev–Trinajstić information content (AvgIpc) is 3.82. The van der Waals surface area contributed by atoms with Crippen molar-refractivity contribution in [1.82, 2.24) is 24.4 Å². The minimum atomic E-state index is -0.240. The van der Waals surface area contributed by atoms with Gasteiger partial charge in [0.25, 0.3) is 5.56 Å². The van der Waals surface area contributed by atoms with E-state index >= 15 is 0 Å². The minimum absolute atomic E-state index is 0.240. The first-order valence-corrected chi connectivity index (χ1v) is 17.2. The Hall–Kier alpha value is -5.51. The Morgan fingerprint density at radius 2 is 1.67 bits per heavy atom. The molecule has 0 fully saturated rings. The second-order valence-corrected chi connectivity index (χ2v) is 12.7. The van der Waals surface area contributed by atoms with E-state index in [1.165, 1.54) is 15.9 Å². The predicted molar refractivity (Wildman–Crippen MR) is 196 cm³/mol. The molecular weight excluding hydrogens is 654 g/mol. The molecule has 0 aliphatic heterocycles. The summed E-state index contributed by atoms with van der Waals surface area (Å²) in [4.78, 5) is 18.7. The molecule has 0 spiro atoms. The van der Waals surface area contributed by atoms with Crippen molar-refractivity contribution in [1.29, 1.82) is 0 Å². The quantitative estimate of drug-likeness (QED) is 0.121. The lowest BCUT2D eigenvalue weighted by atomic mass is 10.1. The van der Waals surface area contributed by atoms with E-state index in [4.69, 9.17) is 26.2 Å². The Balaban J connectivity index is 1.17. The first-order chi connectivity index (χ1) is 24.0. The van der Waals surface area contributed by atoms with Crippen molar-refractivity contribution in [2.24, 2.45) is 0 Å². The van der Waals surface area contributed by atoms with Crippen molar-refractivity contribution in [3.8, 4) is 28.4 Å². The molecule has 0 radical (unpaired) electrons. The van der Waals surface area contributed by atoms with Crippen LogP contribution in [-0.2, 0) is 6.61 Å². The van der Waals surface area contributed by atoms with E-state index in [1.54, 1.807) is 6.08 Å². The topological polar surface area (TPSA) is 83.5 Å². The Morgan fingerprint density at radius 1 is 0.857 bits per heavy atom. The highest BCUT2D eigenvalue weighted by molar-refractivity contribution is 7.15. The molecule has 0 aliphatic rings. The summed E-state index contributed by atoms with van der Waals surface area (Å²) in [6.07, 6.45) is 9.62. The number of rotatable bonds is 12. The van der Waals surface area contributed by atoms with E-state index < -0.39 is 0 Å². The van der Waals surface area contributed by atoms with E-state index in [1.807, 2.05) is 126 Å². The van der Waals surface area contributed by atoms with Crippen LogP contribution in [0.25, 0.3) is 40.1 Å². The van der Waals surface area contributed by atoms with Gasteiger partial charge in [0.2, 0.25) is 4.96 Å². The molecule has 3 aromatic heterocycles. The minimum Gasteiger partial charge on any atom is -0.494 e. The largest absolute Gasteiger partial charge is 0.494 e. The number of unbranched alkanes of at least 4 members (excludes halogenated alkanes) is 1. The highest BCUT2D eigenvalue weighted by Gasteiger charge is 2.15. The first-order valence-electron chi connectivity index (χ1n) is 16.0. The summed E-state index contributed by atoms with van der Waals surface area (Å²) in [7, 11) is 0. The summed E-state index contributed by atoms with van der Waals surface area (Å²) in [5.41, 5.74) is 4.87. The lowest BCUT2D eigenvalue weighted by Crippen LogP contribution is -2.23. The summed E-state index contributed by atoms with van der Waals surface area (Å²) < 4.78 is 15.5. The third-order valence-corrected chi connectivity index (χ3v) is 9.11. The predicted octanol–water partition coefficient (Wildman–Crippen LogP) is 8.13. The van der Waals surface area contributed by atoms with Crippen LogP contribution in [0.1, 0.15) is 42.3 Å². The number of ether oxygens (including phenoxy) is 2. The Kier molecular flexibility index (Phi) is 9.63. The molecule has 0 saturated carbocycles. The zero-order valence-corrected chi connectivity index (χ0v) is 28.3. The molecule has 0 aliphatic carbocycles. The molecule has 7 aromatic rings. The number of aromatic nitrogens is 5. The fraction of sp³-hybridized carbons (Fsp3) is 0.128.